The summed E-state index contributed by atoms with van der Waals surface area (Å²) in [6.45, 7) is 3.12. The van der Waals surface area contributed by atoms with Crippen LogP contribution in [0.15, 0.2) is 54.6 Å². The first kappa shape index (κ1) is 18.3. The molecular formula is C19H20F3N3O. The molecule has 7 heteroatoms. The van der Waals surface area contributed by atoms with Crippen LogP contribution in [0.5, 0.6) is 0 Å². The molecule has 1 fully saturated rings. The van der Waals surface area contributed by atoms with E-state index in [0.717, 1.165) is 12.6 Å². The molecule has 1 N–H and O–H groups in total. The molecule has 0 unspecified atom stereocenters. The van der Waals surface area contributed by atoms with Gasteiger partial charge in [0.05, 0.1) is 11.3 Å². The second-order valence-corrected chi connectivity index (χ2v) is 6.22. The molecule has 2 aromatic carbocycles. The van der Waals surface area contributed by atoms with Crippen LogP contribution in [0.25, 0.3) is 0 Å². The lowest BCUT2D eigenvalue weighted by Gasteiger charge is -2.34. The molecule has 3 rings (SSSR count). The van der Waals surface area contributed by atoms with E-state index in [9.17, 15) is 18.0 Å². The van der Waals surface area contributed by atoms with E-state index in [4.69, 9.17) is 0 Å². The van der Waals surface area contributed by atoms with Gasteiger partial charge in [-0.15, -0.1) is 0 Å². The molecule has 1 saturated heterocycles. The summed E-state index contributed by atoms with van der Waals surface area (Å²) in [7, 11) is 0. The molecule has 0 bridgehead atoms. The Morgan fingerprint density at radius 2 is 1.54 bits per heavy atom. The van der Waals surface area contributed by atoms with E-state index in [2.05, 4.69) is 10.2 Å². The molecule has 0 radical (unpaired) electrons. The van der Waals surface area contributed by atoms with Crippen molar-refractivity contribution in [2.24, 2.45) is 0 Å². The van der Waals surface area contributed by atoms with Crippen molar-refractivity contribution in [3.05, 3.63) is 65.7 Å². The Bertz CT molecular complexity index is 741. The van der Waals surface area contributed by atoms with Gasteiger partial charge in [-0.3, -0.25) is 4.90 Å². The molecule has 1 heterocycles. The van der Waals surface area contributed by atoms with Gasteiger partial charge >= 0.3 is 12.2 Å². The number of anilines is 1. The number of urea groups is 1. The van der Waals surface area contributed by atoms with Crippen LogP contribution in [0.3, 0.4) is 0 Å². The number of hydrogen-bond donors (Lipinski definition) is 1. The molecule has 26 heavy (non-hydrogen) atoms. The van der Waals surface area contributed by atoms with Gasteiger partial charge < -0.3 is 10.2 Å². The maximum Gasteiger partial charge on any atom is 0.418 e. The summed E-state index contributed by atoms with van der Waals surface area (Å²) in [6, 6.07) is 14.5. The van der Waals surface area contributed by atoms with Crippen LogP contribution in [0.4, 0.5) is 23.7 Å². The summed E-state index contributed by atoms with van der Waals surface area (Å²) in [5, 5.41) is 2.40. The quantitative estimate of drug-likeness (QED) is 0.893. The predicted molar refractivity (Wildman–Crippen MR) is 93.8 cm³/mol. The lowest BCUT2D eigenvalue weighted by molar-refractivity contribution is -0.136. The Balaban J connectivity index is 1.56. The first-order valence-corrected chi connectivity index (χ1v) is 8.42. The van der Waals surface area contributed by atoms with E-state index >= 15 is 0 Å². The largest absolute Gasteiger partial charge is 0.418 e. The van der Waals surface area contributed by atoms with Gasteiger partial charge in [0.2, 0.25) is 0 Å². The fourth-order valence-electron chi connectivity index (χ4n) is 2.98. The summed E-state index contributed by atoms with van der Waals surface area (Å²) in [5.74, 6) is 0. The van der Waals surface area contributed by atoms with Crippen molar-refractivity contribution in [1.29, 1.82) is 0 Å². The number of piperazine rings is 1. The molecular weight excluding hydrogens is 343 g/mol. The van der Waals surface area contributed by atoms with Gasteiger partial charge in [0.25, 0.3) is 0 Å². The number of carbonyl (C=O) groups is 1. The summed E-state index contributed by atoms with van der Waals surface area (Å²) >= 11 is 0. The maximum atomic E-state index is 13.0. The van der Waals surface area contributed by atoms with E-state index in [-0.39, 0.29) is 5.69 Å². The average molecular weight is 363 g/mol. The fourth-order valence-corrected chi connectivity index (χ4v) is 2.98. The Hall–Kier alpha value is -2.54. The van der Waals surface area contributed by atoms with Crippen LogP contribution < -0.4 is 5.32 Å². The summed E-state index contributed by atoms with van der Waals surface area (Å²) < 4.78 is 39.1. The number of para-hydroxylation sites is 1. The van der Waals surface area contributed by atoms with Crippen molar-refractivity contribution in [2.45, 2.75) is 12.7 Å². The Kier molecular flexibility index (Phi) is 5.46. The second-order valence-electron chi connectivity index (χ2n) is 6.22. The van der Waals surface area contributed by atoms with Crippen molar-refractivity contribution < 1.29 is 18.0 Å². The van der Waals surface area contributed by atoms with E-state index < -0.39 is 17.8 Å². The van der Waals surface area contributed by atoms with Gasteiger partial charge in [0.15, 0.2) is 0 Å². The number of benzene rings is 2. The van der Waals surface area contributed by atoms with Crippen LogP contribution in [0.1, 0.15) is 11.1 Å². The lowest BCUT2D eigenvalue weighted by atomic mass is 10.1. The highest BCUT2D eigenvalue weighted by atomic mass is 19.4. The second kappa shape index (κ2) is 7.78. The summed E-state index contributed by atoms with van der Waals surface area (Å²) in [4.78, 5) is 16.1. The van der Waals surface area contributed by atoms with Crippen LogP contribution in [0, 0.1) is 0 Å². The molecule has 0 aliphatic carbocycles. The van der Waals surface area contributed by atoms with Crippen molar-refractivity contribution in [1.82, 2.24) is 9.80 Å². The van der Waals surface area contributed by atoms with E-state index in [1.54, 1.807) is 4.90 Å². The van der Waals surface area contributed by atoms with Gasteiger partial charge in [-0.1, -0.05) is 42.5 Å². The van der Waals surface area contributed by atoms with Gasteiger partial charge in [-0.05, 0) is 17.7 Å². The van der Waals surface area contributed by atoms with Gasteiger partial charge in [-0.2, -0.15) is 13.2 Å². The Morgan fingerprint density at radius 1 is 0.923 bits per heavy atom. The Morgan fingerprint density at radius 3 is 2.19 bits per heavy atom. The third kappa shape index (κ3) is 4.54. The first-order valence-electron chi connectivity index (χ1n) is 8.42. The maximum absolute atomic E-state index is 13.0. The zero-order valence-corrected chi connectivity index (χ0v) is 14.2. The standard InChI is InChI=1S/C19H20F3N3O/c20-19(21,22)16-8-4-5-9-17(16)23-18(26)25-12-10-24(11-13-25)14-15-6-2-1-3-7-15/h1-9H,10-14H2,(H,23,26). The smallest absolute Gasteiger partial charge is 0.322 e. The summed E-state index contributed by atoms with van der Waals surface area (Å²) in [6.07, 6.45) is -4.50. The van der Waals surface area contributed by atoms with Crippen molar-refractivity contribution in [3.8, 4) is 0 Å². The molecule has 0 aromatic heterocycles. The van der Waals surface area contributed by atoms with E-state index in [0.29, 0.717) is 26.2 Å². The number of amides is 2. The molecule has 138 valence electrons. The zero-order valence-electron chi connectivity index (χ0n) is 14.2. The van der Waals surface area contributed by atoms with Gasteiger partial charge in [-0.25, -0.2) is 4.79 Å². The SMILES string of the molecule is O=C(Nc1ccccc1C(F)(F)F)N1CCN(Cc2ccccc2)CC1. The Labute approximate surface area is 150 Å². The number of carbonyl (C=O) groups excluding carboxylic acids is 1. The van der Waals surface area contributed by atoms with Crippen molar-refractivity contribution in [3.63, 3.8) is 0 Å². The van der Waals surface area contributed by atoms with Crippen LogP contribution >= 0.6 is 0 Å². The third-order valence-corrected chi connectivity index (χ3v) is 4.38. The van der Waals surface area contributed by atoms with Crippen LogP contribution in [0.2, 0.25) is 0 Å². The van der Waals surface area contributed by atoms with Crippen LogP contribution in [-0.2, 0) is 12.7 Å². The molecule has 1 aliphatic heterocycles. The number of nitrogens with one attached hydrogen (secondary N) is 1. The predicted octanol–water partition coefficient (Wildman–Crippen LogP) is 4.06. The normalized spacial score (nSPS) is 15.7. The van der Waals surface area contributed by atoms with Gasteiger partial charge in [0, 0.05) is 32.7 Å². The number of halogens is 3. The minimum absolute atomic E-state index is 0.211. The minimum atomic E-state index is -4.50. The molecule has 0 atom stereocenters. The lowest BCUT2D eigenvalue weighted by Crippen LogP contribution is -2.49. The van der Waals surface area contributed by atoms with E-state index in [1.165, 1.54) is 23.8 Å². The highest BCUT2D eigenvalue weighted by molar-refractivity contribution is 5.90. The molecule has 0 spiro atoms. The minimum Gasteiger partial charge on any atom is -0.322 e. The third-order valence-electron chi connectivity index (χ3n) is 4.38. The number of hydrogen-bond acceptors (Lipinski definition) is 2. The zero-order chi connectivity index (χ0) is 18.6. The number of rotatable bonds is 3. The number of nitrogens with zero attached hydrogens (tertiary/aromatic N) is 2. The number of alkyl halides is 3. The highest BCUT2D eigenvalue weighted by Crippen LogP contribution is 2.34. The molecule has 1 aliphatic rings. The molecule has 4 nitrogen and oxygen atoms in total. The highest BCUT2D eigenvalue weighted by Gasteiger charge is 2.34. The first-order chi connectivity index (χ1) is 12.4. The van der Waals surface area contributed by atoms with E-state index in [1.807, 2.05) is 30.3 Å². The molecule has 0 saturated carbocycles. The molecule has 2 amide bonds. The van der Waals surface area contributed by atoms with Crippen molar-refractivity contribution >= 4 is 11.7 Å². The van der Waals surface area contributed by atoms with Gasteiger partial charge in [0.1, 0.15) is 0 Å². The topological polar surface area (TPSA) is 35.6 Å². The fraction of sp³-hybridized carbons (Fsp3) is 0.316. The average Bonchev–Trinajstić information content (AvgIpc) is 2.63. The van der Waals surface area contributed by atoms with Crippen molar-refractivity contribution in [2.75, 3.05) is 31.5 Å². The summed E-state index contributed by atoms with van der Waals surface area (Å²) in [5.41, 5.74) is 0.150. The van der Waals surface area contributed by atoms with Crippen LogP contribution in [-0.4, -0.2) is 42.0 Å². The monoisotopic (exact) mass is 363 g/mol. The molecule has 2 aromatic rings.